The number of hydrogen-bond donors (Lipinski definition) is 3. The molecule has 1 aromatic heterocycles. The second kappa shape index (κ2) is 11.8. The number of anilines is 1. The van der Waals surface area contributed by atoms with E-state index >= 15 is 0 Å². The molecule has 0 amide bonds. The molecule has 4 rings (SSSR count). The summed E-state index contributed by atoms with van der Waals surface area (Å²) in [7, 11) is 0. The highest BCUT2D eigenvalue weighted by atomic mass is 35.5. The molecule has 166 valence electrons. The highest BCUT2D eigenvalue weighted by Crippen LogP contribution is 2.26. The van der Waals surface area contributed by atoms with Gasteiger partial charge in [0.1, 0.15) is 0 Å². The van der Waals surface area contributed by atoms with Crippen molar-refractivity contribution in [1.82, 2.24) is 15.5 Å². The van der Waals surface area contributed by atoms with Gasteiger partial charge in [-0.1, -0.05) is 36.8 Å². The fraction of sp³-hybridized carbons (Fsp3) is 0.417. The van der Waals surface area contributed by atoms with Gasteiger partial charge in [-0.3, -0.25) is 4.79 Å². The highest BCUT2D eigenvalue weighted by molar-refractivity contribution is 5.94. The van der Waals surface area contributed by atoms with Crippen molar-refractivity contribution in [2.75, 3.05) is 31.6 Å². The molecule has 0 saturated carbocycles. The van der Waals surface area contributed by atoms with Crippen LogP contribution in [0.25, 0.3) is 22.0 Å². The van der Waals surface area contributed by atoms with E-state index in [0.29, 0.717) is 11.4 Å². The standard InChI is InChI=1S/C24H30N4O2.ClH/c29-24-22-10-3-2-9-21(22)23(27-28-24)18-7-6-8-20(17-18)26-14-5-1-4-13-25-19-11-15-30-16-12-19;/h2-3,6-10,17,19,25-26H,1,4-5,11-16H2,(H,28,29);1H. The van der Waals surface area contributed by atoms with Crippen molar-refractivity contribution in [3.63, 3.8) is 0 Å². The summed E-state index contributed by atoms with van der Waals surface area (Å²) in [4.78, 5) is 12.0. The molecule has 6 nitrogen and oxygen atoms in total. The number of benzene rings is 2. The van der Waals surface area contributed by atoms with Crippen LogP contribution in [0.3, 0.4) is 0 Å². The van der Waals surface area contributed by atoms with E-state index < -0.39 is 0 Å². The first kappa shape index (κ1) is 23.3. The molecule has 0 aliphatic carbocycles. The smallest absolute Gasteiger partial charge is 0.272 e. The van der Waals surface area contributed by atoms with Crippen LogP contribution in [0.4, 0.5) is 5.69 Å². The van der Waals surface area contributed by atoms with Crippen LogP contribution in [0.2, 0.25) is 0 Å². The number of unbranched alkanes of at least 4 members (excludes halogenated alkanes) is 2. The van der Waals surface area contributed by atoms with E-state index in [-0.39, 0.29) is 18.0 Å². The quantitative estimate of drug-likeness (QED) is 0.429. The number of halogens is 1. The van der Waals surface area contributed by atoms with Crippen LogP contribution in [0, 0.1) is 0 Å². The van der Waals surface area contributed by atoms with E-state index in [2.05, 4.69) is 33.0 Å². The van der Waals surface area contributed by atoms with E-state index in [1.54, 1.807) is 0 Å². The van der Waals surface area contributed by atoms with Crippen molar-refractivity contribution in [3.8, 4) is 11.3 Å². The number of aromatic nitrogens is 2. The molecule has 1 fully saturated rings. The van der Waals surface area contributed by atoms with E-state index in [0.717, 1.165) is 67.9 Å². The summed E-state index contributed by atoms with van der Waals surface area (Å²) in [5.74, 6) is 0. The third kappa shape index (κ3) is 6.29. The average Bonchev–Trinajstić information content (AvgIpc) is 2.80. The summed E-state index contributed by atoms with van der Waals surface area (Å²) in [6, 6.07) is 16.4. The lowest BCUT2D eigenvalue weighted by Gasteiger charge is -2.23. The Morgan fingerprint density at radius 3 is 2.58 bits per heavy atom. The topological polar surface area (TPSA) is 79.0 Å². The minimum Gasteiger partial charge on any atom is -0.385 e. The molecule has 2 aromatic carbocycles. The SMILES string of the molecule is Cl.O=c1[nH]nc(-c2cccc(NCCCCCNC3CCOCC3)c2)c2ccccc12. The summed E-state index contributed by atoms with van der Waals surface area (Å²) in [5, 5.41) is 15.6. The third-order valence-electron chi connectivity index (χ3n) is 5.67. The monoisotopic (exact) mass is 442 g/mol. The highest BCUT2D eigenvalue weighted by Gasteiger charge is 2.12. The Balaban J connectivity index is 0.00000272. The number of ether oxygens (including phenoxy) is 1. The Bertz CT molecular complexity index is 1020. The summed E-state index contributed by atoms with van der Waals surface area (Å²) in [6.07, 6.45) is 5.82. The van der Waals surface area contributed by atoms with Crippen molar-refractivity contribution in [2.45, 2.75) is 38.1 Å². The Morgan fingerprint density at radius 1 is 0.968 bits per heavy atom. The molecule has 3 N–H and O–H groups in total. The molecule has 3 aromatic rings. The maximum absolute atomic E-state index is 12.0. The molecule has 7 heteroatoms. The molecule has 0 atom stereocenters. The van der Waals surface area contributed by atoms with Gasteiger partial charge in [0.25, 0.3) is 5.56 Å². The van der Waals surface area contributed by atoms with Gasteiger partial charge >= 0.3 is 0 Å². The van der Waals surface area contributed by atoms with Gasteiger partial charge < -0.3 is 15.4 Å². The van der Waals surface area contributed by atoms with Gasteiger partial charge in [-0.25, -0.2) is 5.10 Å². The van der Waals surface area contributed by atoms with Crippen LogP contribution in [0.15, 0.2) is 53.3 Å². The molecule has 0 spiro atoms. The van der Waals surface area contributed by atoms with Gasteiger partial charge in [-0.05, 0) is 50.4 Å². The number of nitrogens with one attached hydrogen (secondary N) is 3. The number of nitrogens with zero attached hydrogens (tertiary/aromatic N) is 1. The summed E-state index contributed by atoms with van der Waals surface area (Å²) in [5.41, 5.74) is 2.71. The maximum Gasteiger partial charge on any atom is 0.272 e. The van der Waals surface area contributed by atoms with Gasteiger partial charge in [-0.15, -0.1) is 12.4 Å². The first-order chi connectivity index (χ1) is 14.8. The number of aromatic amines is 1. The van der Waals surface area contributed by atoms with Gasteiger partial charge in [0.15, 0.2) is 0 Å². The van der Waals surface area contributed by atoms with E-state index in [4.69, 9.17) is 4.74 Å². The predicted molar refractivity (Wildman–Crippen MR) is 129 cm³/mol. The van der Waals surface area contributed by atoms with Crippen LogP contribution >= 0.6 is 12.4 Å². The molecule has 1 aliphatic heterocycles. The summed E-state index contributed by atoms with van der Waals surface area (Å²) < 4.78 is 5.40. The molecule has 0 bridgehead atoms. The lowest BCUT2D eigenvalue weighted by atomic mass is 10.0. The fourth-order valence-electron chi connectivity index (χ4n) is 3.98. The molecular formula is C24H31ClN4O2. The fourth-order valence-corrected chi connectivity index (χ4v) is 3.98. The molecule has 0 radical (unpaired) electrons. The van der Waals surface area contributed by atoms with Crippen LogP contribution in [-0.2, 0) is 4.74 Å². The normalized spacial score (nSPS) is 14.3. The number of rotatable bonds is 9. The van der Waals surface area contributed by atoms with Crippen molar-refractivity contribution in [3.05, 3.63) is 58.9 Å². The molecule has 31 heavy (non-hydrogen) atoms. The molecular weight excluding hydrogens is 412 g/mol. The van der Waals surface area contributed by atoms with E-state index in [1.807, 2.05) is 36.4 Å². The Labute approximate surface area is 189 Å². The van der Waals surface area contributed by atoms with Gasteiger partial charge in [0.2, 0.25) is 0 Å². The van der Waals surface area contributed by atoms with Gasteiger partial charge in [0.05, 0.1) is 11.1 Å². The summed E-state index contributed by atoms with van der Waals surface area (Å²) >= 11 is 0. The first-order valence-corrected chi connectivity index (χ1v) is 10.9. The number of hydrogen-bond acceptors (Lipinski definition) is 5. The average molecular weight is 443 g/mol. The van der Waals surface area contributed by atoms with Crippen molar-refractivity contribution in [2.24, 2.45) is 0 Å². The third-order valence-corrected chi connectivity index (χ3v) is 5.67. The Morgan fingerprint density at radius 2 is 1.74 bits per heavy atom. The largest absolute Gasteiger partial charge is 0.385 e. The Hall–Kier alpha value is -2.41. The molecule has 0 unspecified atom stereocenters. The molecule has 2 heterocycles. The minimum atomic E-state index is -0.157. The molecule has 1 saturated heterocycles. The van der Waals surface area contributed by atoms with E-state index in [1.165, 1.54) is 12.8 Å². The lowest BCUT2D eigenvalue weighted by Crippen LogP contribution is -2.35. The minimum absolute atomic E-state index is 0. The second-order valence-electron chi connectivity index (χ2n) is 7.86. The van der Waals surface area contributed by atoms with Gasteiger partial charge in [-0.2, -0.15) is 5.10 Å². The van der Waals surface area contributed by atoms with Crippen molar-refractivity contribution >= 4 is 28.9 Å². The maximum atomic E-state index is 12.0. The summed E-state index contributed by atoms with van der Waals surface area (Å²) in [6.45, 7) is 3.82. The van der Waals surface area contributed by atoms with Crippen molar-refractivity contribution in [1.29, 1.82) is 0 Å². The zero-order valence-electron chi connectivity index (χ0n) is 17.7. The predicted octanol–water partition coefficient (Wildman–Crippen LogP) is 4.36. The van der Waals surface area contributed by atoms with Crippen molar-refractivity contribution < 1.29 is 4.74 Å². The second-order valence-corrected chi connectivity index (χ2v) is 7.86. The van der Waals surface area contributed by atoms with Crippen LogP contribution in [-0.4, -0.2) is 42.5 Å². The number of H-pyrrole nitrogens is 1. The zero-order valence-corrected chi connectivity index (χ0v) is 18.5. The van der Waals surface area contributed by atoms with Crippen LogP contribution in [0.5, 0.6) is 0 Å². The first-order valence-electron chi connectivity index (χ1n) is 10.9. The van der Waals surface area contributed by atoms with Crippen LogP contribution < -0.4 is 16.2 Å². The van der Waals surface area contributed by atoms with Gasteiger partial charge in [0, 0.05) is 42.4 Å². The van der Waals surface area contributed by atoms with E-state index in [9.17, 15) is 4.79 Å². The Kier molecular flexibility index (Phi) is 8.88. The number of fused-ring (bicyclic) bond motifs is 1. The lowest BCUT2D eigenvalue weighted by molar-refractivity contribution is 0.0780. The molecule has 1 aliphatic rings. The zero-order chi connectivity index (χ0) is 20.6. The van der Waals surface area contributed by atoms with Crippen LogP contribution in [0.1, 0.15) is 32.1 Å².